The van der Waals surface area contributed by atoms with Crippen LogP contribution in [0, 0.1) is 0 Å². The maximum absolute atomic E-state index is 11.1. The summed E-state index contributed by atoms with van der Waals surface area (Å²) < 4.78 is 9.36. The molecule has 0 aromatic heterocycles. The number of hydrogen-bond donors (Lipinski definition) is 3. The van der Waals surface area contributed by atoms with Gasteiger partial charge in [-0.1, -0.05) is 6.42 Å². The van der Waals surface area contributed by atoms with E-state index >= 15 is 0 Å². The van der Waals surface area contributed by atoms with Crippen LogP contribution >= 0.6 is 0 Å². The van der Waals surface area contributed by atoms with E-state index in [4.69, 9.17) is 14.9 Å². The van der Waals surface area contributed by atoms with Crippen molar-refractivity contribution in [3.8, 4) is 0 Å². The lowest BCUT2D eigenvalue weighted by Crippen LogP contribution is -2.19. The van der Waals surface area contributed by atoms with Crippen LogP contribution in [0.4, 0.5) is 4.79 Å². The molecule has 0 aromatic carbocycles. The number of ether oxygens (including phenoxy) is 2. The minimum Gasteiger partial charge on any atom is -0.434 e. The normalized spacial score (nSPS) is 12.2. The quantitative estimate of drug-likeness (QED) is 0.294. The highest BCUT2D eigenvalue weighted by atomic mass is 16.8. The molecule has 0 rings (SSSR count). The first-order valence-corrected chi connectivity index (χ1v) is 6.44. The van der Waals surface area contributed by atoms with Crippen LogP contribution in [0.3, 0.4) is 0 Å². The van der Waals surface area contributed by atoms with E-state index in [0.717, 1.165) is 12.8 Å². The van der Waals surface area contributed by atoms with Gasteiger partial charge in [0.15, 0.2) is 0 Å². The summed E-state index contributed by atoms with van der Waals surface area (Å²) in [5.41, 5.74) is 0. The van der Waals surface area contributed by atoms with Crippen LogP contribution < -0.4 is 0 Å². The molecule has 0 fully saturated rings. The predicted molar refractivity (Wildman–Crippen MR) is 64.9 cm³/mol. The summed E-state index contributed by atoms with van der Waals surface area (Å²) in [5, 5.41) is 26.4. The summed E-state index contributed by atoms with van der Waals surface area (Å²) in [7, 11) is 0. The number of rotatable bonds is 11. The van der Waals surface area contributed by atoms with Crippen LogP contribution in [-0.2, 0) is 9.47 Å². The second-order valence-electron chi connectivity index (χ2n) is 4.03. The summed E-state index contributed by atoms with van der Waals surface area (Å²) >= 11 is 0. The van der Waals surface area contributed by atoms with E-state index in [0.29, 0.717) is 32.1 Å². The van der Waals surface area contributed by atoms with Gasteiger partial charge in [-0.15, -0.1) is 0 Å². The molecule has 1 atom stereocenters. The molecule has 0 aliphatic rings. The number of carbonyl (C=O) groups is 1. The Labute approximate surface area is 108 Å². The Morgan fingerprint density at radius 1 is 0.944 bits per heavy atom. The number of hydrogen-bond acceptors (Lipinski definition) is 6. The fourth-order valence-corrected chi connectivity index (χ4v) is 1.36. The smallest absolute Gasteiger partial charge is 0.434 e. The van der Waals surface area contributed by atoms with Crippen molar-refractivity contribution in [1.29, 1.82) is 0 Å². The van der Waals surface area contributed by atoms with Crippen LogP contribution in [0.15, 0.2) is 0 Å². The molecule has 1 unspecified atom stereocenters. The van der Waals surface area contributed by atoms with Crippen LogP contribution in [0.25, 0.3) is 0 Å². The first kappa shape index (κ1) is 17.2. The fraction of sp³-hybridized carbons (Fsp3) is 0.917. The Hall–Kier alpha value is -0.850. The Morgan fingerprint density at radius 2 is 1.56 bits per heavy atom. The highest BCUT2D eigenvalue weighted by Gasteiger charge is 2.11. The fourth-order valence-electron chi connectivity index (χ4n) is 1.36. The molecule has 0 aliphatic heterocycles. The molecule has 0 amide bonds. The monoisotopic (exact) mass is 264 g/mol. The predicted octanol–water partition coefficient (Wildman–Crippen LogP) is 1.17. The second-order valence-corrected chi connectivity index (χ2v) is 4.03. The van der Waals surface area contributed by atoms with Crippen LogP contribution in [0.2, 0.25) is 0 Å². The molecule has 0 bridgehead atoms. The van der Waals surface area contributed by atoms with Crippen LogP contribution in [-0.4, -0.2) is 47.6 Å². The summed E-state index contributed by atoms with van der Waals surface area (Å²) in [4.78, 5) is 11.1. The number of unbranched alkanes of at least 4 members (excludes halogenated alkanes) is 4. The standard InChI is InChI=1S/C12H24O6/c13-8-4-1-3-7-11(15)18-12(16)17-10-6-2-5-9-14/h11,13-15H,1-10H2. The summed E-state index contributed by atoms with van der Waals surface area (Å²) in [5.74, 6) is 0. The first-order chi connectivity index (χ1) is 8.70. The molecule has 0 aliphatic carbocycles. The molecule has 0 radical (unpaired) electrons. The molecule has 3 N–H and O–H groups in total. The van der Waals surface area contributed by atoms with Gasteiger partial charge in [-0.2, -0.15) is 0 Å². The van der Waals surface area contributed by atoms with Crippen molar-refractivity contribution < 1.29 is 29.6 Å². The highest BCUT2D eigenvalue weighted by molar-refractivity contribution is 5.59. The van der Waals surface area contributed by atoms with Crippen LogP contribution in [0.1, 0.15) is 44.9 Å². The molecule has 0 saturated heterocycles. The molecule has 0 heterocycles. The van der Waals surface area contributed by atoms with Crippen molar-refractivity contribution in [2.24, 2.45) is 0 Å². The van der Waals surface area contributed by atoms with E-state index in [1.807, 2.05) is 0 Å². The van der Waals surface area contributed by atoms with Gasteiger partial charge in [0.25, 0.3) is 0 Å². The zero-order valence-electron chi connectivity index (χ0n) is 10.7. The van der Waals surface area contributed by atoms with Gasteiger partial charge in [0, 0.05) is 19.6 Å². The van der Waals surface area contributed by atoms with Gasteiger partial charge in [0.2, 0.25) is 6.29 Å². The van der Waals surface area contributed by atoms with Gasteiger partial charge in [0.1, 0.15) is 0 Å². The zero-order valence-corrected chi connectivity index (χ0v) is 10.7. The second kappa shape index (κ2) is 12.6. The van der Waals surface area contributed by atoms with E-state index in [1.165, 1.54) is 0 Å². The van der Waals surface area contributed by atoms with Gasteiger partial charge in [-0.25, -0.2) is 4.79 Å². The number of aliphatic hydroxyl groups is 3. The van der Waals surface area contributed by atoms with Gasteiger partial charge in [0.05, 0.1) is 6.61 Å². The summed E-state index contributed by atoms with van der Waals surface area (Å²) in [6.07, 6.45) is 2.63. The number of carbonyl (C=O) groups excluding carboxylic acids is 1. The van der Waals surface area contributed by atoms with Gasteiger partial charge in [-0.05, 0) is 32.1 Å². The summed E-state index contributed by atoms with van der Waals surface area (Å²) in [6, 6.07) is 0. The average molecular weight is 264 g/mol. The first-order valence-electron chi connectivity index (χ1n) is 6.44. The third kappa shape index (κ3) is 11.6. The van der Waals surface area contributed by atoms with E-state index in [9.17, 15) is 9.90 Å². The van der Waals surface area contributed by atoms with Crippen molar-refractivity contribution in [1.82, 2.24) is 0 Å². The molecule has 108 valence electrons. The zero-order chi connectivity index (χ0) is 13.6. The molecule has 6 nitrogen and oxygen atoms in total. The molecule has 6 heteroatoms. The molecular formula is C12H24O6. The lowest BCUT2D eigenvalue weighted by Gasteiger charge is -2.11. The van der Waals surface area contributed by atoms with Gasteiger partial charge < -0.3 is 24.8 Å². The minimum absolute atomic E-state index is 0.132. The average Bonchev–Trinajstić information content (AvgIpc) is 2.34. The minimum atomic E-state index is -1.14. The highest BCUT2D eigenvalue weighted by Crippen LogP contribution is 2.06. The Balaban J connectivity index is 3.37. The third-order valence-corrected chi connectivity index (χ3v) is 2.36. The SMILES string of the molecule is O=C(OCCCCCO)OC(O)CCCCCO. The molecule has 0 spiro atoms. The number of aliphatic hydroxyl groups excluding tert-OH is 3. The van der Waals surface area contributed by atoms with Crippen molar-refractivity contribution >= 4 is 6.16 Å². The lowest BCUT2D eigenvalue weighted by molar-refractivity contribution is -0.0849. The molecule has 0 aromatic rings. The molecular weight excluding hydrogens is 240 g/mol. The topological polar surface area (TPSA) is 96.2 Å². The molecule has 0 saturated carbocycles. The van der Waals surface area contributed by atoms with E-state index in [-0.39, 0.29) is 19.8 Å². The maximum atomic E-state index is 11.1. The Bertz CT molecular complexity index is 197. The lowest BCUT2D eigenvalue weighted by atomic mass is 10.2. The third-order valence-electron chi connectivity index (χ3n) is 2.36. The van der Waals surface area contributed by atoms with Crippen molar-refractivity contribution in [3.63, 3.8) is 0 Å². The van der Waals surface area contributed by atoms with Crippen molar-refractivity contribution in [2.75, 3.05) is 19.8 Å². The largest absolute Gasteiger partial charge is 0.510 e. The van der Waals surface area contributed by atoms with Crippen LogP contribution in [0.5, 0.6) is 0 Å². The van der Waals surface area contributed by atoms with E-state index < -0.39 is 12.4 Å². The van der Waals surface area contributed by atoms with Crippen molar-refractivity contribution in [3.05, 3.63) is 0 Å². The Morgan fingerprint density at radius 3 is 2.17 bits per heavy atom. The van der Waals surface area contributed by atoms with Gasteiger partial charge in [-0.3, -0.25) is 0 Å². The van der Waals surface area contributed by atoms with Gasteiger partial charge >= 0.3 is 6.16 Å². The molecule has 18 heavy (non-hydrogen) atoms. The maximum Gasteiger partial charge on any atom is 0.510 e. The summed E-state index contributed by atoms with van der Waals surface area (Å²) in [6.45, 7) is 0.500. The van der Waals surface area contributed by atoms with E-state index in [1.54, 1.807) is 0 Å². The van der Waals surface area contributed by atoms with E-state index in [2.05, 4.69) is 4.74 Å². The van der Waals surface area contributed by atoms with Crippen molar-refractivity contribution in [2.45, 2.75) is 51.2 Å². The Kier molecular flexibility index (Phi) is 12.0.